The Bertz CT molecular complexity index is 1030. The molecule has 0 saturated heterocycles. The zero-order valence-electron chi connectivity index (χ0n) is 16.6. The molecule has 7 heteroatoms. The maximum absolute atomic E-state index is 12.0. The molecule has 0 radical (unpaired) electrons. The Morgan fingerprint density at radius 2 is 1.90 bits per heavy atom. The van der Waals surface area contributed by atoms with Gasteiger partial charge in [0.15, 0.2) is 18.1 Å². The van der Waals surface area contributed by atoms with Gasteiger partial charge in [0.05, 0.1) is 6.54 Å². The minimum atomic E-state index is -0.379. The van der Waals surface area contributed by atoms with Crippen LogP contribution in [0.25, 0.3) is 10.9 Å². The monoisotopic (exact) mass is 408 g/mol. The standard InChI is InChI=1S/C23H24N2O5/c26-22(25-13-17-14-28-20-9-3-4-10-21(20)30-17)15-29-23(27)11-5-6-16-12-24-19-8-2-1-7-18(16)19/h1-4,7-10,12,17,24H,5-6,11,13-15H2,(H,25,26)/t17-/m1/s1. The van der Waals surface area contributed by atoms with E-state index < -0.39 is 0 Å². The van der Waals surface area contributed by atoms with E-state index >= 15 is 0 Å². The number of carbonyl (C=O) groups excluding carboxylic acids is 2. The number of H-pyrrole nitrogens is 1. The summed E-state index contributed by atoms with van der Waals surface area (Å²) in [5.74, 6) is 0.616. The maximum atomic E-state index is 12.0. The first-order valence-corrected chi connectivity index (χ1v) is 10.0. The van der Waals surface area contributed by atoms with E-state index in [4.69, 9.17) is 14.2 Å². The second-order valence-corrected chi connectivity index (χ2v) is 7.18. The van der Waals surface area contributed by atoms with Crippen LogP contribution in [0.5, 0.6) is 11.5 Å². The Labute approximate surface area is 174 Å². The van der Waals surface area contributed by atoms with Crippen LogP contribution in [0.3, 0.4) is 0 Å². The third kappa shape index (κ3) is 4.92. The van der Waals surface area contributed by atoms with Crippen molar-refractivity contribution in [3.05, 3.63) is 60.3 Å². The van der Waals surface area contributed by atoms with Crippen LogP contribution in [0.4, 0.5) is 0 Å². The number of aryl methyl sites for hydroxylation is 1. The summed E-state index contributed by atoms with van der Waals surface area (Å²) in [6.07, 6.45) is 3.39. The summed E-state index contributed by atoms with van der Waals surface area (Å²) in [5.41, 5.74) is 2.26. The van der Waals surface area contributed by atoms with E-state index in [0.717, 1.165) is 11.9 Å². The molecular formula is C23H24N2O5. The molecule has 2 heterocycles. The van der Waals surface area contributed by atoms with Gasteiger partial charge >= 0.3 is 5.97 Å². The second kappa shape index (κ2) is 9.35. The number of hydrogen-bond donors (Lipinski definition) is 2. The van der Waals surface area contributed by atoms with Gasteiger partial charge in [0.2, 0.25) is 0 Å². The molecule has 30 heavy (non-hydrogen) atoms. The Balaban J connectivity index is 1.13. The van der Waals surface area contributed by atoms with Gasteiger partial charge in [-0.15, -0.1) is 0 Å². The average molecular weight is 408 g/mol. The van der Waals surface area contributed by atoms with Crippen LogP contribution >= 0.6 is 0 Å². The molecule has 0 spiro atoms. The second-order valence-electron chi connectivity index (χ2n) is 7.18. The minimum absolute atomic E-state index is 0.267. The number of nitrogens with one attached hydrogen (secondary N) is 2. The third-order valence-corrected chi connectivity index (χ3v) is 4.96. The Hall–Kier alpha value is -3.48. The zero-order valence-corrected chi connectivity index (χ0v) is 16.6. The quantitative estimate of drug-likeness (QED) is 0.560. The number of ether oxygens (including phenoxy) is 3. The van der Waals surface area contributed by atoms with Gasteiger partial charge in [0.25, 0.3) is 5.91 Å². The number of hydrogen-bond acceptors (Lipinski definition) is 5. The van der Waals surface area contributed by atoms with Gasteiger partial charge in [-0.2, -0.15) is 0 Å². The first-order valence-electron chi connectivity index (χ1n) is 10.0. The summed E-state index contributed by atoms with van der Waals surface area (Å²) >= 11 is 0. The predicted molar refractivity (Wildman–Crippen MR) is 112 cm³/mol. The number of para-hydroxylation sites is 3. The molecule has 1 amide bonds. The zero-order chi connectivity index (χ0) is 20.8. The number of amides is 1. The molecule has 1 aliphatic rings. The van der Waals surface area contributed by atoms with Gasteiger partial charge in [-0.25, -0.2) is 0 Å². The summed E-state index contributed by atoms with van der Waals surface area (Å²) < 4.78 is 16.5. The van der Waals surface area contributed by atoms with E-state index in [1.54, 1.807) is 0 Å². The lowest BCUT2D eigenvalue weighted by Crippen LogP contribution is -2.42. The van der Waals surface area contributed by atoms with Gasteiger partial charge in [-0.05, 0) is 36.6 Å². The highest BCUT2D eigenvalue weighted by Gasteiger charge is 2.21. The van der Waals surface area contributed by atoms with E-state index in [0.29, 0.717) is 24.5 Å². The van der Waals surface area contributed by atoms with E-state index in [9.17, 15) is 9.59 Å². The number of aromatic nitrogens is 1. The number of aromatic amines is 1. The van der Waals surface area contributed by atoms with Gasteiger partial charge in [0.1, 0.15) is 12.7 Å². The normalized spacial score (nSPS) is 15.0. The fourth-order valence-electron chi connectivity index (χ4n) is 3.42. The van der Waals surface area contributed by atoms with Crippen molar-refractivity contribution in [2.24, 2.45) is 0 Å². The molecule has 4 rings (SSSR count). The van der Waals surface area contributed by atoms with Crippen LogP contribution in [0.1, 0.15) is 18.4 Å². The van der Waals surface area contributed by atoms with Gasteiger partial charge in [0, 0.05) is 23.5 Å². The lowest BCUT2D eigenvalue weighted by Gasteiger charge is -2.26. The minimum Gasteiger partial charge on any atom is -0.486 e. The SMILES string of the molecule is O=C(COC(=O)CCCc1c[nH]c2ccccc12)NC[C@@H]1COc2ccccc2O1. The Morgan fingerprint density at radius 3 is 2.80 bits per heavy atom. The van der Waals surface area contributed by atoms with Crippen molar-refractivity contribution in [3.63, 3.8) is 0 Å². The number of esters is 1. The topological polar surface area (TPSA) is 89.7 Å². The summed E-state index contributed by atoms with van der Waals surface area (Å²) in [7, 11) is 0. The molecule has 1 aromatic heterocycles. The van der Waals surface area contributed by atoms with Crippen LogP contribution in [0, 0.1) is 0 Å². The van der Waals surface area contributed by atoms with Crippen LogP contribution in [0.15, 0.2) is 54.7 Å². The molecule has 1 aliphatic heterocycles. The summed E-state index contributed by atoms with van der Waals surface area (Å²) in [5, 5.41) is 3.88. The molecule has 2 aromatic carbocycles. The third-order valence-electron chi connectivity index (χ3n) is 4.96. The van der Waals surface area contributed by atoms with E-state index in [1.807, 2.05) is 48.7 Å². The van der Waals surface area contributed by atoms with Gasteiger partial charge in [-0.1, -0.05) is 30.3 Å². The Morgan fingerprint density at radius 1 is 1.10 bits per heavy atom. The van der Waals surface area contributed by atoms with E-state index in [2.05, 4.69) is 16.4 Å². The molecule has 0 fully saturated rings. The van der Waals surface area contributed by atoms with Crippen molar-refractivity contribution in [3.8, 4) is 11.5 Å². The van der Waals surface area contributed by atoms with Crippen molar-refractivity contribution >= 4 is 22.8 Å². The molecule has 156 valence electrons. The van der Waals surface area contributed by atoms with Gasteiger partial charge < -0.3 is 24.5 Å². The molecule has 1 atom stereocenters. The molecule has 0 saturated carbocycles. The molecular weight excluding hydrogens is 384 g/mol. The maximum Gasteiger partial charge on any atom is 0.306 e. The van der Waals surface area contributed by atoms with Crippen LogP contribution in [0.2, 0.25) is 0 Å². The van der Waals surface area contributed by atoms with E-state index in [-0.39, 0.29) is 37.6 Å². The molecule has 0 unspecified atom stereocenters. The summed E-state index contributed by atoms with van der Waals surface area (Å²) in [6.45, 7) is 0.340. The first-order chi connectivity index (χ1) is 14.7. The summed E-state index contributed by atoms with van der Waals surface area (Å²) in [4.78, 5) is 27.1. The van der Waals surface area contributed by atoms with Crippen molar-refractivity contribution < 1.29 is 23.8 Å². The highest BCUT2D eigenvalue weighted by Crippen LogP contribution is 2.30. The fraction of sp³-hybridized carbons (Fsp3) is 0.304. The lowest BCUT2D eigenvalue weighted by atomic mass is 10.1. The average Bonchev–Trinajstić information content (AvgIpc) is 3.19. The largest absolute Gasteiger partial charge is 0.486 e. The molecule has 0 aliphatic carbocycles. The first kappa shape index (κ1) is 19.8. The fourth-order valence-corrected chi connectivity index (χ4v) is 3.42. The molecule has 3 aromatic rings. The number of fused-ring (bicyclic) bond motifs is 2. The summed E-state index contributed by atoms with van der Waals surface area (Å²) in [6, 6.07) is 15.5. The number of benzene rings is 2. The van der Waals surface area contributed by atoms with Crippen molar-refractivity contribution in [2.45, 2.75) is 25.4 Å². The van der Waals surface area contributed by atoms with Gasteiger partial charge in [-0.3, -0.25) is 9.59 Å². The smallest absolute Gasteiger partial charge is 0.306 e. The lowest BCUT2D eigenvalue weighted by molar-refractivity contribution is -0.148. The number of rotatable bonds is 8. The highest BCUT2D eigenvalue weighted by atomic mass is 16.6. The predicted octanol–water partition coefficient (Wildman–Crippen LogP) is 2.99. The van der Waals surface area contributed by atoms with Crippen molar-refractivity contribution in [2.75, 3.05) is 19.8 Å². The van der Waals surface area contributed by atoms with Crippen molar-refractivity contribution in [1.82, 2.24) is 10.3 Å². The number of carbonyl (C=O) groups is 2. The van der Waals surface area contributed by atoms with Crippen LogP contribution in [-0.2, 0) is 20.7 Å². The Kier molecular flexibility index (Phi) is 6.17. The molecule has 0 bridgehead atoms. The molecule has 7 nitrogen and oxygen atoms in total. The van der Waals surface area contributed by atoms with Crippen molar-refractivity contribution in [1.29, 1.82) is 0 Å². The van der Waals surface area contributed by atoms with E-state index in [1.165, 1.54) is 10.9 Å². The van der Waals surface area contributed by atoms with Crippen LogP contribution in [-0.4, -0.2) is 42.7 Å². The highest BCUT2D eigenvalue weighted by molar-refractivity contribution is 5.83. The molecule has 2 N–H and O–H groups in total. The van der Waals surface area contributed by atoms with Crippen LogP contribution < -0.4 is 14.8 Å².